The van der Waals surface area contributed by atoms with Crippen LogP contribution in [0.15, 0.2) is 36.4 Å². The van der Waals surface area contributed by atoms with E-state index in [1.807, 2.05) is 36.4 Å². The molecule has 0 bridgehead atoms. The zero-order valence-corrected chi connectivity index (χ0v) is 12.0. The van der Waals surface area contributed by atoms with Gasteiger partial charge in [0, 0.05) is 0 Å². The normalized spacial score (nSPS) is 22.4. The van der Waals surface area contributed by atoms with Crippen LogP contribution < -0.4 is 4.74 Å². The fraction of sp³-hybridized carbons (Fsp3) is 0.353. The van der Waals surface area contributed by atoms with Crippen molar-refractivity contribution in [2.75, 3.05) is 26.4 Å². The van der Waals surface area contributed by atoms with Gasteiger partial charge in [0.15, 0.2) is 0 Å². The van der Waals surface area contributed by atoms with Gasteiger partial charge in [-0.15, -0.1) is 0 Å². The first-order valence-electron chi connectivity index (χ1n) is 7.36. The van der Waals surface area contributed by atoms with Crippen LogP contribution in [0.2, 0.25) is 0 Å². The molecule has 0 N–H and O–H groups in total. The molecule has 2 unspecified atom stereocenters. The Morgan fingerprint density at radius 2 is 1.77 bits per heavy atom. The molecule has 0 aliphatic carbocycles. The van der Waals surface area contributed by atoms with Crippen LogP contribution in [0.1, 0.15) is 10.4 Å². The van der Waals surface area contributed by atoms with Gasteiger partial charge in [0.2, 0.25) is 0 Å². The number of fused-ring (bicyclic) bond motifs is 1. The van der Waals surface area contributed by atoms with E-state index in [-0.39, 0.29) is 24.8 Å². The standard InChI is InChI=1S/C17H16O5/c18-17(22-10-13-8-20-13)16-14-4-2-1-3-11(14)5-6-15(16)21-9-12-7-19-12/h1-6,12-13H,7-10H2. The lowest BCUT2D eigenvalue weighted by Gasteiger charge is -2.13. The van der Waals surface area contributed by atoms with Gasteiger partial charge in [-0.1, -0.05) is 30.3 Å². The van der Waals surface area contributed by atoms with Gasteiger partial charge < -0.3 is 18.9 Å². The topological polar surface area (TPSA) is 60.6 Å². The molecular weight excluding hydrogens is 284 g/mol. The minimum Gasteiger partial charge on any atom is -0.490 e. The Morgan fingerprint density at radius 3 is 2.55 bits per heavy atom. The Morgan fingerprint density at radius 1 is 1.05 bits per heavy atom. The average Bonchev–Trinajstić information content (AvgIpc) is 3.44. The third kappa shape index (κ3) is 2.91. The van der Waals surface area contributed by atoms with Crippen molar-refractivity contribution in [3.8, 4) is 5.75 Å². The molecule has 5 nitrogen and oxygen atoms in total. The van der Waals surface area contributed by atoms with E-state index in [0.29, 0.717) is 31.1 Å². The highest BCUT2D eigenvalue weighted by Gasteiger charge is 2.27. The number of carbonyl (C=O) groups excluding carboxylic acids is 1. The van der Waals surface area contributed by atoms with E-state index >= 15 is 0 Å². The molecule has 0 saturated carbocycles. The molecular formula is C17H16O5. The minimum atomic E-state index is -0.376. The number of hydrogen-bond acceptors (Lipinski definition) is 5. The van der Waals surface area contributed by atoms with Crippen LogP contribution in [0.5, 0.6) is 5.75 Å². The molecule has 0 spiro atoms. The number of ether oxygens (including phenoxy) is 4. The lowest BCUT2D eigenvalue weighted by Crippen LogP contribution is -2.13. The second kappa shape index (κ2) is 5.59. The van der Waals surface area contributed by atoms with Crippen LogP contribution in [-0.2, 0) is 14.2 Å². The maximum absolute atomic E-state index is 12.5. The molecule has 2 aromatic rings. The summed E-state index contributed by atoms with van der Waals surface area (Å²) in [7, 11) is 0. The summed E-state index contributed by atoms with van der Waals surface area (Å²) >= 11 is 0. The molecule has 0 radical (unpaired) electrons. The first kappa shape index (κ1) is 13.5. The summed E-state index contributed by atoms with van der Waals surface area (Å²) in [5.41, 5.74) is 0.472. The highest BCUT2D eigenvalue weighted by Crippen LogP contribution is 2.30. The van der Waals surface area contributed by atoms with Gasteiger partial charge in [0.05, 0.1) is 13.2 Å². The summed E-state index contributed by atoms with van der Waals surface area (Å²) < 4.78 is 21.3. The van der Waals surface area contributed by atoms with Crippen LogP contribution in [-0.4, -0.2) is 44.6 Å². The second-order valence-electron chi connectivity index (χ2n) is 5.48. The van der Waals surface area contributed by atoms with Gasteiger partial charge in [0.1, 0.15) is 36.7 Å². The van der Waals surface area contributed by atoms with E-state index < -0.39 is 0 Å². The second-order valence-corrected chi connectivity index (χ2v) is 5.48. The minimum absolute atomic E-state index is 0.0446. The van der Waals surface area contributed by atoms with Crippen molar-refractivity contribution >= 4 is 16.7 Å². The van der Waals surface area contributed by atoms with Gasteiger partial charge in [-0.25, -0.2) is 4.79 Å². The molecule has 2 aromatic carbocycles. The molecule has 2 saturated heterocycles. The quantitative estimate of drug-likeness (QED) is 0.604. The fourth-order valence-electron chi connectivity index (χ4n) is 2.33. The number of benzene rings is 2. The van der Waals surface area contributed by atoms with Crippen LogP contribution in [0, 0.1) is 0 Å². The highest BCUT2D eigenvalue weighted by molar-refractivity contribution is 6.07. The predicted molar refractivity (Wildman–Crippen MR) is 79.2 cm³/mol. The highest BCUT2D eigenvalue weighted by atomic mass is 16.6. The van der Waals surface area contributed by atoms with E-state index in [0.717, 1.165) is 10.8 Å². The van der Waals surface area contributed by atoms with E-state index in [9.17, 15) is 4.79 Å². The monoisotopic (exact) mass is 300 g/mol. The van der Waals surface area contributed by atoms with Gasteiger partial charge in [0.25, 0.3) is 0 Å². The van der Waals surface area contributed by atoms with Gasteiger partial charge in [-0.05, 0) is 16.8 Å². The molecule has 22 heavy (non-hydrogen) atoms. The first-order chi connectivity index (χ1) is 10.8. The zero-order valence-electron chi connectivity index (χ0n) is 12.0. The maximum atomic E-state index is 12.5. The summed E-state index contributed by atoms with van der Waals surface area (Å²) in [4.78, 5) is 12.5. The molecule has 0 amide bonds. The van der Waals surface area contributed by atoms with Gasteiger partial charge in [-0.3, -0.25) is 0 Å². The van der Waals surface area contributed by atoms with Crippen molar-refractivity contribution < 1.29 is 23.7 Å². The van der Waals surface area contributed by atoms with Crippen molar-refractivity contribution in [2.45, 2.75) is 12.2 Å². The van der Waals surface area contributed by atoms with Gasteiger partial charge in [-0.2, -0.15) is 0 Å². The Labute approximate surface area is 127 Å². The van der Waals surface area contributed by atoms with Crippen LogP contribution in [0.3, 0.4) is 0 Å². The maximum Gasteiger partial charge on any atom is 0.342 e. The number of epoxide rings is 2. The molecule has 2 aliphatic heterocycles. The Hall–Kier alpha value is -2.11. The molecule has 2 aliphatic rings. The zero-order chi connectivity index (χ0) is 14.9. The lowest BCUT2D eigenvalue weighted by molar-refractivity contribution is 0.0474. The van der Waals surface area contributed by atoms with Crippen molar-refractivity contribution in [2.24, 2.45) is 0 Å². The molecule has 114 valence electrons. The van der Waals surface area contributed by atoms with E-state index in [4.69, 9.17) is 18.9 Å². The summed E-state index contributed by atoms with van der Waals surface area (Å²) in [6.07, 6.45) is 0.179. The predicted octanol–water partition coefficient (Wildman–Crippen LogP) is 2.17. The summed E-state index contributed by atoms with van der Waals surface area (Å²) in [6, 6.07) is 11.5. The molecule has 2 fully saturated rings. The number of hydrogen-bond donors (Lipinski definition) is 0. The van der Waals surface area contributed by atoms with Crippen LogP contribution in [0.4, 0.5) is 0 Å². The largest absolute Gasteiger partial charge is 0.490 e. The van der Waals surface area contributed by atoms with Crippen molar-refractivity contribution in [1.29, 1.82) is 0 Å². The van der Waals surface area contributed by atoms with E-state index in [2.05, 4.69) is 0 Å². The SMILES string of the molecule is O=C(OCC1CO1)c1c(OCC2CO2)ccc2ccccc12. The summed E-state index contributed by atoms with van der Waals surface area (Å²) in [5.74, 6) is 0.162. The number of rotatable bonds is 6. The van der Waals surface area contributed by atoms with Crippen LogP contribution in [0.25, 0.3) is 10.8 Å². The van der Waals surface area contributed by atoms with Crippen molar-refractivity contribution in [1.82, 2.24) is 0 Å². The Bertz CT molecular complexity index is 703. The fourth-order valence-corrected chi connectivity index (χ4v) is 2.33. The van der Waals surface area contributed by atoms with Gasteiger partial charge >= 0.3 is 5.97 Å². The smallest absolute Gasteiger partial charge is 0.342 e. The van der Waals surface area contributed by atoms with Crippen molar-refractivity contribution in [3.63, 3.8) is 0 Å². The molecule has 4 rings (SSSR count). The average molecular weight is 300 g/mol. The van der Waals surface area contributed by atoms with E-state index in [1.165, 1.54) is 0 Å². The molecule has 2 heterocycles. The molecule has 0 aromatic heterocycles. The summed E-state index contributed by atoms with van der Waals surface area (Å²) in [5, 5.41) is 1.81. The number of carbonyl (C=O) groups is 1. The van der Waals surface area contributed by atoms with Crippen molar-refractivity contribution in [3.05, 3.63) is 42.0 Å². The Balaban J connectivity index is 1.65. The molecule has 2 atom stereocenters. The molecule has 5 heteroatoms. The number of esters is 1. The Kier molecular flexibility index (Phi) is 3.44. The third-order valence-corrected chi connectivity index (χ3v) is 3.72. The van der Waals surface area contributed by atoms with E-state index in [1.54, 1.807) is 0 Å². The third-order valence-electron chi connectivity index (χ3n) is 3.72. The lowest BCUT2D eigenvalue weighted by atomic mass is 10.0. The summed E-state index contributed by atoms with van der Waals surface area (Å²) in [6.45, 7) is 2.11. The first-order valence-corrected chi connectivity index (χ1v) is 7.36. The van der Waals surface area contributed by atoms with Crippen LogP contribution >= 0.6 is 0 Å².